The van der Waals surface area contributed by atoms with Gasteiger partial charge in [0.05, 0.1) is 16.4 Å². The third-order valence-electron chi connectivity index (χ3n) is 4.61. The molecule has 2 heterocycles. The van der Waals surface area contributed by atoms with Crippen LogP contribution in [0, 0.1) is 0 Å². The van der Waals surface area contributed by atoms with Gasteiger partial charge in [-0.3, -0.25) is 4.79 Å². The van der Waals surface area contributed by atoms with Crippen LogP contribution in [0.25, 0.3) is 5.69 Å². The third kappa shape index (κ3) is 3.96. The molecule has 30 heavy (non-hydrogen) atoms. The molecule has 1 amide bonds. The molecular formula is C20H15ClN6OS2. The molecule has 1 N–H and O–H groups in total. The van der Waals surface area contributed by atoms with Crippen LogP contribution in [0.3, 0.4) is 0 Å². The molecule has 0 saturated heterocycles. The Morgan fingerprint density at radius 2 is 2.00 bits per heavy atom. The van der Waals surface area contributed by atoms with Crippen molar-refractivity contribution >= 4 is 46.3 Å². The zero-order valence-electron chi connectivity index (χ0n) is 15.5. The van der Waals surface area contributed by atoms with Crippen molar-refractivity contribution in [3.8, 4) is 5.69 Å². The molecule has 0 bridgehead atoms. The van der Waals surface area contributed by atoms with Gasteiger partial charge >= 0.3 is 0 Å². The standard InChI is InChI=1S/C20H15ClN6OS2/c21-15-10-13(8-9-16(15)30-20-25-22-11-29-20)23-19(28)17-18(12-6-7-12)27(26-24-17)14-4-2-1-3-5-14/h1-5,8-12H,6-7H2,(H,23,28). The first kappa shape index (κ1) is 19.2. The fourth-order valence-electron chi connectivity index (χ4n) is 3.09. The Morgan fingerprint density at radius 3 is 2.70 bits per heavy atom. The quantitative estimate of drug-likeness (QED) is 0.438. The van der Waals surface area contributed by atoms with Gasteiger partial charge < -0.3 is 5.32 Å². The molecule has 4 aromatic rings. The van der Waals surface area contributed by atoms with Gasteiger partial charge in [-0.1, -0.05) is 58.1 Å². The fraction of sp³-hybridized carbons (Fsp3) is 0.150. The number of nitrogens with one attached hydrogen (secondary N) is 1. The zero-order valence-corrected chi connectivity index (χ0v) is 17.9. The summed E-state index contributed by atoms with van der Waals surface area (Å²) in [5.41, 5.74) is 4.37. The van der Waals surface area contributed by atoms with Gasteiger partial charge in [-0.25, -0.2) is 4.68 Å². The van der Waals surface area contributed by atoms with E-state index in [2.05, 4.69) is 25.8 Å². The smallest absolute Gasteiger partial charge is 0.278 e. The normalized spacial score (nSPS) is 13.4. The Kier molecular flexibility index (Phi) is 5.24. The third-order valence-corrected chi connectivity index (χ3v) is 6.89. The number of aromatic nitrogens is 5. The minimum Gasteiger partial charge on any atom is -0.320 e. The van der Waals surface area contributed by atoms with E-state index in [4.69, 9.17) is 11.6 Å². The molecule has 0 spiro atoms. The van der Waals surface area contributed by atoms with E-state index in [-0.39, 0.29) is 5.91 Å². The number of anilines is 1. The van der Waals surface area contributed by atoms with Crippen LogP contribution in [-0.2, 0) is 0 Å². The molecule has 150 valence electrons. The van der Waals surface area contributed by atoms with Crippen LogP contribution in [0.4, 0.5) is 5.69 Å². The Balaban J connectivity index is 1.38. The largest absolute Gasteiger partial charge is 0.320 e. The highest BCUT2D eigenvalue weighted by atomic mass is 35.5. The Bertz CT molecular complexity index is 1190. The number of amides is 1. The maximum absolute atomic E-state index is 13.0. The predicted octanol–water partition coefficient (Wildman–Crippen LogP) is 5.05. The molecule has 1 saturated carbocycles. The van der Waals surface area contributed by atoms with Crippen LogP contribution in [0.5, 0.6) is 0 Å². The van der Waals surface area contributed by atoms with Gasteiger partial charge in [-0.05, 0) is 43.2 Å². The summed E-state index contributed by atoms with van der Waals surface area (Å²) in [7, 11) is 0. The van der Waals surface area contributed by atoms with Gasteiger partial charge in [0.1, 0.15) is 5.51 Å². The molecule has 0 radical (unpaired) electrons. The first-order valence-electron chi connectivity index (χ1n) is 9.25. The zero-order chi connectivity index (χ0) is 20.5. The van der Waals surface area contributed by atoms with Crippen molar-refractivity contribution in [2.45, 2.75) is 28.0 Å². The lowest BCUT2D eigenvalue weighted by molar-refractivity contribution is 0.102. The number of para-hydroxylation sites is 1. The first-order chi connectivity index (χ1) is 14.7. The van der Waals surface area contributed by atoms with Crippen LogP contribution >= 0.6 is 34.7 Å². The van der Waals surface area contributed by atoms with Crippen molar-refractivity contribution in [1.29, 1.82) is 0 Å². The topological polar surface area (TPSA) is 85.6 Å². The number of rotatable bonds is 6. The predicted molar refractivity (Wildman–Crippen MR) is 117 cm³/mol. The van der Waals surface area contributed by atoms with E-state index in [9.17, 15) is 4.79 Å². The fourth-order valence-corrected chi connectivity index (χ4v) is 4.82. The summed E-state index contributed by atoms with van der Waals surface area (Å²) in [6, 6.07) is 15.1. The minimum atomic E-state index is -0.292. The van der Waals surface area contributed by atoms with Crippen LogP contribution < -0.4 is 5.32 Å². The Labute approximate surface area is 185 Å². The SMILES string of the molecule is O=C(Nc1ccc(Sc2nncs2)c(Cl)c1)c1nnn(-c2ccccc2)c1C1CC1. The van der Waals surface area contributed by atoms with Crippen LogP contribution in [0.15, 0.2) is 63.3 Å². The van der Waals surface area contributed by atoms with E-state index in [1.807, 2.05) is 42.5 Å². The molecule has 2 aromatic carbocycles. The lowest BCUT2D eigenvalue weighted by atomic mass is 10.2. The van der Waals surface area contributed by atoms with E-state index in [0.29, 0.717) is 22.3 Å². The van der Waals surface area contributed by atoms with Crippen molar-refractivity contribution in [3.05, 3.63) is 70.5 Å². The van der Waals surface area contributed by atoms with E-state index in [1.165, 1.54) is 23.1 Å². The molecule has 1 fully saturated rings. The summed E-state index contributed by atoms with van der Waals surface area (Å²) in [4.78, 5) is 13.8. The van der Waals surface area contributed by atoms with Gasteiger partial charge in [0.25, 0.3) is 5.91 Å². The number of carbonyl (C=O) groups is 1. The van der Waals surface area contributed by atoms with Crippen molar-refractivity contribution < 1.29 is 4.79 Å². The van der Waals surface area contributed by atoms with Crippen molar-refractivity contribution in [3.63, 3.8) is 0 Å². The molecule has 0 aliphatic heterocycles. The van der Waals surface area contributed by atoms with Crippen molar-refractivity contribution in [2.24, 2.45) is 0 Å². The highest BCUT2D eigenvalue weighted by Gasteiger charge is 2.34. The molecule has 0 atom stereocenters. The number of benzene rings is 2. The maximum Gasteiger partial charge on any atom is 0.278 e. The summed E-state index contributed by atoms with van der Waals surface area (Å²) in [5.74, 6) is 0.00917. The maximum atomic E-state index is 13.0. The lowest BCUT2D eigenvalue weighted by Crippen LogP contribution is -2.15. The van der Waals surface area contributed by atoms with E-state index in [1.54, 1.807) is 16.3 Å². The second-order valence-electron chi connectivity index (χ2n) is 6.75. The van der Waals surface area contributed by atoms with E-state index < -0.39 is 0 Å². The highest BCUT2D eigenvalue weighted by Crippen LogP contribution is 2.42. The lowest BCUT2D eigenvalue weighted by Gasteiger charge is -2.09. The van der Waals surface area contributed by atoms with E-state index in [0.717, 1.165) is 33.5 Å². The second kappa shape index (κ2) is 8.17. The number of hydrogen-bond acceptors (Lipinski definition) is 7. The monoisotopic (exact) mass is 454 g/mol. The summed E-state index contributed by atoms with van der Waals surface area (Å²) >= 11 is 9.28. The minimum absolute atomic E-state index is 0.292. The van der Waals surface area contributed by atoms with Crippen LogP contribution in [-0.4, -0.2) is 31.1 Å². The average Bonchev–Trinajstić information content (AvgIpc) is 3.28. The summed E-state index contributed by atoms with van der Waals surface area (Å²) in [6.45, 7) is 0. The van der Waals surface area contributed by atoms with E-state index >= 15 is 0 Å². The number of nitrogens with zero attached hydrogens (tertiary/aromatic N) is 5. The van der Waals surface area contributed by atoms with Gasteiger partial charge in [-0.2, -0.15) is 0 Å². The van der Waals surface area contributed by atoms with Gasteiger partial charge in [0.15, 0.2) is 10.0 Å². The summed E-state index contributed by atoms with van der Waals surface area (Å²) in [6.07, 6.45) is 2.06. The summed E-state index contributed by atoms with van der Waals surface area (Å²) in [5, 5.41) is 19.7. The summed E-state index contributed by atoms with van der Waals surface area (Å²) < 4.78 is 2.57. The average molecular weight is 455 g/mol. The van der Waals surface area contributed by atoms with Gasteiger partial charge in [0.2, 0.25) is 0 Å². The molecule has 7 nitrogen and oxygen atoms in total. The highest BCUT2D eigenvalue weighted by molar-refractivity contribution is 8.01. The van der Waals surface area contributed by atoms with Crippen molar-refractivity contribution in [2.75, 3.05) is 5.32 Å². The second-order valence-corrected chi connectivity index (χ2v) is 9.28. The molecule has 2 aromatic heterocycles. The number of halogens is 1. The number of carbonyl (C=O) groups excluding carboxylic acids is 1. The molecule has 1 aliphatic carbocycles. The Hall–Kier alpha value is -2.75. The van der Waals surface area contributed by atoms with Crippen LogP contribution in [0.1, 0.15) is 34.9 Å². The van der Waals surface area contributed by atoms with Crippen LogP contribution in [0.2, 0.25) is 5.02 Å². The molecule has 10 heteroatoms. The molecule has 5 rings (SSSR count). The first-order valence-corrected chi connectivity index (χ1v) is 11.3. The van der Waals surface area contributed by atoms with Gasteiger partial charge in [-0.15, -0.1) is 15.3 Å². The van der Waals surface area contributed by atoms with Crippen molar-refractivity contribution in [1.82, 2.24) is 25.2 Å². The molecule has 0 unspecified atom stereocenters. The number of hydrogen-bond donors (Lipinski definition) is 1. The molecule has 1 aliphatic rings. The Morgan fingerprint density at radius 1 is 1.17 bits per heavy atom. The molecular weight excluding hydrogens is 440 g/mol. The van der Waals surface area contributed by atoms with Gasteiger partial charge in [0, 0.05) is 16.5 Å².